The predicted octanol–water partition coefficient (Wildman–Crippen LogP) is 3.94. The van der Waals surface area contributed by atoms with Crippen molar-refractivity contribution < 1.29 is 18.0 Å². The first-order chi connectivity index (χ1) is 12.9. The van der Waals surface area contributed by atoms with Crippen LogP contribution in [0.5, 0.6) is 0 Å². The summed E-state index contributed by atoms with van der Waals surface area (Å²) >= 11 is 0. The monoisotopic (exact) mass is 377 g/mol. The zero-order valence-electron chi connectivity index (χ0n) is 14.4. The van der Waals surface area contributed by atoms with Crippen molar-refractivity contribution in [2.75, 3.05) is 22.1 Å². The maximum absolute atomic E-state index is 13.2. The summed E-state index contributed by atoms with van der Waals surface area (Å²) < 4.78 is 39.5. The molecular formula is C18H18F3N5O. The molecule has 1 amide bonds. The van der Waals surface area contributed by atoms with E-state index in [-0.39, 0.29) is 23.7 Å². The van der Waals surface area contributed by atoms with Gasteiger partial charge in [-0.25, -0.2) is 4.98 Å². The van der Waals surface area contributed by atoms with E-state index < -0.39 is 11.7 Å². The minimum Gasteiger partial charge on any atom is -0.367 e. The van der Waals surface area contributed by atoms with E-state index in [0.717, 1.165) is 31.1 Å². The molecular weight excluding hydrogens is 359 g/mol. The Labute approximate surface area is 153 Å². The molecule has 0 radical (unpaired) electrons. The molecule has 9 heteroatoms. The highest BCUT2D eigenvalue weighted by Gasteiger charge is 2.36. The molecule has 1 aromatic carbocycles. The lowest BCUT2D eigenvalue weighted by atomic mass is 10.2. The number of hydrogen-bond donors (Lipinski definition) is 2. The van der Waals surface area contributed by atoms with Crippen LogP contribution >= 0.6 is 0 Å². The van der Waals surface area contributed by atoms with Crippen molar-refractivity contribution in [3.05, 3.63) is 36.0 Å². The van der Waals surface area contributed by atoms with E-state index in [9.17, 15) is 18.0 Å². The van der Waals surface area contributed by atoms with Gasteiger partial charge >= 0.3 is 6.18 Å². The second-order valence-electron chi connectivity index (χ2n) is 6.70. The zero-order chi connectivity index (χ0) is 19.0. The number of alkyl halides is 3. The largest absolute Gasteiger partial charge is 0.421 e. The number of rotatable bonds is 5. The summed E-state index contributed by atoms with van der Waals surface area (Å²) in [6, 6.07) is 7.13. The van der Waals surface area contributed by atoms with Crippen LogP contribution in [-0.4, -0.2) is 28.5 Å². The quantitative estimate of drug-likeness (QED) is 0.826. The molecule has 1 aliphatic heterocycles. The van der Waals surface area contributed by atoms with Crippen molar-refractivity contribution in [3.63, 3.8) is 0 Å². The number of carbonyl (C=O) groups excluding carboxylic acids is 1. The fourth-order valence-corrected chi connectivity index (χ4v) is 2.98. The topological polar surface area (TPSA) is 70.2 Å². The van der Waals surface area contributed by atoms with Gasteiger partial charge in [0.1, 0.15) is 11.4 Å². The van der Waals surface area contributed by atoms with Gasteiger partial charge in [0.05, 0.1) is 0 Å². The van der Waals surface area contributed by atoms with Crippen LogP contribution in [0.3, 0.4) is 0 Å². The summed E-state index contributed by atoms with van der Waals surface area (Å²) in [5, 5.41) is 5.74. The van der Waals surface area contributed by atoms with Gasteiger partial charge < -0.3 is 15.5 Å². The molecule has 1 saturated carbocycles. The van der Waals surface area contributed by atoms with Gasteiger partial charge in [-0.3, -0.25) is 4.79 Å². The summed E-state index contributed by atoms with van der Waals surface area (Å²) in [5.41, 5.74) is 0.464. The van der Waals surface area contributed by atoms with Crippen LogP contribution < -0.4 is 15.5 Å². The average Bonchev–Trinajstić information content (AvgIpc) is 3.32. The first kappa shape index (κ1) is 17.6. The molecule has 142 valence electrons. The number of nitrogens with zero attached hydrogens (tertiary/aromatic N) is 3. The maximum atomic E-state index is 13.2. The van der Waals surface area contributed by atoms with E-state index in [1.165, 1.54) is 0 Å². The van der Waals surface area contributed by atoms with E-state index >= 15 is 0 Å². The Morgan fingerprint density at radius 3 is 2.70 bits per heavy atom. The lowest BCUT2D eigenvalue weighted by Gasteiger charge is -2.17. The number of carbonyl (C=O) groups is 1. The molecule has 2 aliphatic rings. The van der Waals surface area contributed by atoms with Gasteiger partial charge in [-0.1, -0.05) is 6.07 Å². The molecule has 0 spiro atoms. The number of amides is 1. The third-order valence-corrected chi connectivity index (χ3v) is 4.50. The highest BCUT2D eigenvalue weighted by atomic mass is 19.4. The van der Waals surface area contributed by atoms with Crippen molar-refractivity contribution in [3.8, 4) is 0 Å². The number of anilines is 4. The SMILES string of the molecule is O=C1CCCN1c1cccc(Nc2ncc(C(F)(F)F)c(NC3CC3)n2)c1. The predicted molar refractivity (Wildman–Crippen MR) is 95.0 cm³/mol. The molecule has 1 saturated heterocycles. The maximum Gasteiger partial charge on any atom is 0.421 e. The number of hydrogen-bond acceptors (Lipinski definition) is 5. The van der Waals surface area contributed by atoms with Gasteiger partial charge in [-0.2, -0.15) is 18.2 Å². The van der Waals surface area contributed by atoms with Crippen molar-refractivity contribution in [2.24, 2.45) is 0 Å². The zero-order valence-corrected chi connectivity index (χ0v) is 14.4. The fourth-order valence-electron chi connectivity index (χ4n) is 2.98. The Morgan fingerprint density at radius 1 is 1.22 bits per heavy atom. The molecule has 1 aromatic heterocycles. The molecule has 2 fully saturated rings. The van der Waals surface area contributed by atoms with Crippen molar-refractivity contribution in [1.29, 1.82) is 0 Å². The van der Waals surface area contributed by atoms with Crippen LogP contribution in [0.15, 0.2) is 30.5 Å². The smallest absolute Gasteiger partial charge is 0.367 e. The number of nitrogens with one attached hydrogen (secondary N) is 2. The van der Waals surface area contributed by atoms with Crippen molar-refractivity contribution >= 4 is 29.0 Å². The van der Waals surface area contributed by atoms with Gasteiger partial charge in [0.15, 0.2) is 0 Å². The Morgan fingerprint density at radius 2 is 2.04 bits per heavy atom. The number of aromatic nitrogens is 2. The number of benzene rings is 1. The van der Waals surface area contributed by atoms with Crippen LogP contribution in [-0.2, 0) is 11.0 Å². The average molecular weight is 377 g/mol. The minimum absolute atomic E-state index is 0.0263. The van der Waals surface area contributed by atoms with E-state index in [4.69, 9.17) is 0 Å². The minimum atomic E-state index is -4.52. The van der Waals surface area contributed by atoms with E-state index in [1.54, 1.807) is 23.1 Å². The summed E-state index contributed by atoms with van der Waals surface area (Å²) in [4.78, 5) is 21.4. The molecule has 1 aliphatic carbocycles. The lowest BCUT2D eigenvalue weighted by molar-refractivity contribution is -0.137. The molecule has 0 atom stereocenters. The molecule has 2 aromatic rings. The Hall–Kier alpha value is -2.84. The third-order valence-electron chi connectivity index (χ3n) is 4.50. The summed E-state index contributed by atoms with van der Waals surface area (Å²) in [6.45, 7) is 0.661. The van der Waals surface area contributed by atoms with Gasteiger partial charge in [-0.15, -0.1) is 0 Å². The Balaban J connectivity index is 1.58. The van der Waals surface area contributed by atoms with Crippen LogP contribution in [0.1, 0.15) is 31.2 Å². The summed E-state index contributed by atoms with van der Waals surface area (Å²) in [6.07, 6.45) is -0.740. The first-order valence-corrected chi connectivity index (χ1v) is 8.78. The van der Waals surface area contributed by atoms with Crippen molar-refractivity contribution in [2.45, 2.75) is 37.9 Å². The molecule has 2 N–H and O–H groups in total. The lowest BCUT2D eigenvalue weighted by Crippen LogP contribution is -2.23. The van der Waals surface area contributed by atoms with E-state index in [1.807, 2.05) is 6.07 Å². The van der Waals surface area contributed by atoms with Crippen LogP contribution in [0, 0.1) is 0 Å². The van der Waals surface area contributed by atoms with E-state index in [0.29, 0.717) is 18.7 Å². The fraction of sp³-hybridized carbons (Fsp3) is 0.389. The molecule has 2 heterocycles. The van der Waals surface area contributed by atoms with Crippen LogP contribution in [0.2, 0.25) is 0 Å². The van der Waals surface area contributed by atoms with Gasteiger partial charge in [-0.05, 0) is 37.5 Å². The highest BCUT2D eigenvalue weighted by Crippen LogP contribution is 2.36. The van der Waals surface area contributed by atoms with Crippen molar-refractivity contribution in [1.82, 2.24) is 9.97 Å². The first-order valence-electron chi connectivity index (χ1n) is 8.78. The normalized spacial score (nSPS) is 17.3. The van der Waals surface area contributed by atoms with Gasteiger partial charge in [0.2, 0.25) is 11.9 Å². The standard InChI is InChI=1S/C18H18F3N5O/c19-18(20,21)14-10-22-17(25-16(14)23-11-6-7-11)24-12-3-1-4-13(9-12)26-8-2-5-15(26)27/h1,3-4,9-11H,2,5-8H2,(H2,22,23,24,25). The van der Waals surface area contributed by atoms with Crippen LogP contribution in [0.25, 0.3) is 0 Å². The highest BCUT2D eigenvalue weighted by molar-refractivity contribution is 5.95. The van der Waals surface area contributed by atoms with Gasteiger partial charge in [0, 0.05) is 36.6 Å². The summed E-state index contributed by atoms with van der Waals surface area (Å²) in [5.74, 6) is -0.0849. The Kier molecular flexibility index (Phi) is 4.37. The molecule has 4 rings (SSSR count). The Bertz CT molecular complexity index is 866. The number of halogens is 3. The van der Waals surface area contributed by atoms with E-state index in [2.05, 4.69) is 20.6 Å². The molecule has 27 heavy (non-hydrogen) atoms. The third kappa shape index (κ3) is 3.96. The van der Waals surface area contributed by atoms with Gasteiger partial charge in [0.25, 0.3) is 0 Å². The molecule has 0 bridgehead atoms. The molecule has 6 nitrogen and oxygen atoms in total. The second-order valence-corrected chi connectivity index (χ2v) is 6.70. The second kappa shape index (κ2) is 6.71. The summed E-state index contributed by atoms with van der Waals surface area (Å²) in [7, 11) is 0. The molecule has 0 unspecified atom stereocenters. The van der Waals surface area contributed by atoms with Crippen LogP contribution in [0.4, 0.5) is 36.3 Å².